The monoisotopic (exact) mass is 606 g/mol. The maximum absolute atomic E-state index is 9.56. The summed E-state index contributed by atoms with van der Waals surface area (Å²) in [5.74, 6) is 4.51. The van der Waals surface area contributed by atoms with Gasteiger partial charge in [0.15, 0.2) is 16.6 Å². The molecule has 4 saturated carbocycles. The van der Waals surface area contributed by atoms with Gasteiger partial charge < -0.3 is 14.0 Å². The molecule has 4 aliphatic carbocycles. The Hall–Kier alpha value is 0.314. The molecule has 0 aliphatic heterocycles. The van der Waals surface area contributed by atoms with Crippen molar-refractivity contribution in [2.24, 2.45) is 46.3 Å². The minimum atomic E-state index is -1.91. The molecule has 1 N–H and O–H groups in total. The predicted molar refractivity (Wildman–Crippen MR) is 180 cm³/mol. The second-order valence-electron chi connectivity index (χ2n) is 19.0. The molecule has 0 amide bonds. The van der Waals surface area contributed by atoms with Crippen molar-refractivity contribution in [3.63, 3.8) is 0 Å². The molecule has 4 rings (SSSR count). The Labute approximate surface area is 258 Å². The van der Waals surface area contributed by atoms with Gasteiger partial charge in [-0.25, -0.2) is 0 Å². The van der Waals surface area contributed by atoms with Crippen LogP contribution in [0.2, 0.25) is 36.3 Å². The molecule has 240 valence electrons. The average molecular weight is 607 g/mol. The van der Waals surface area contributed by atoms with Crippen molar-refractivity contribution >= 4 is 16.6 Å². The van der Waals surface area contributed by atoms with Crippen molar-refractivity contribution in [3.8, 4) is 0 Å². The van der Waals surface area contributed by atoms with Crippen LogP contribution in [0.1, 0.15) is 127 Å². The van der Waals surface area contributed by atoms with Gasteiger partial charge in [0.2, 0.25) is 0 Å². The summed E-state index contributed by atoms with van der Waals surface area (Å²) >= 11 is 0. The highest BCUT2D eigenvalue weighted by Gasteiger charge is 2.64. The van der Waals surface area contributed by atoms with Gasteiger partial charge in [-0.2, -0.15) is 0 Å². The van der Waals surface area contributed by atoms with Crippen molar-refractivity contribution in [3.05, 3.63) is 0 Å². The minimum Gasteiger partial charge on any atom is -0.414 e. The summed E-state index contributed by atoms with van der Waals surface area (Å²) in [6.45, 7) is 32.5. The van der Waals surface area contributed by atoms with Gasteiger partial charge in [0.05, 0.1) is 0 Å². The zero-order valence-electron chi connectivity index (χ0n) is 29.7. The van der Waals surface area contributed by atoms with E-state index in [9.17, 15) is 5.11 Å². The highest BCUT2D eigenvalue weighted by atomic mass is 28.4. The van der Waals surface area contributed by atoms with E-state index in [0.717, 1.165) is 24.2 Å². The molecular weight excluding hydrogens is 537 g/mol. The number of hydrogen-bond acceptors (Lipinski definition) is 3. The summed E-state index contributed by atoms with van der Waals surface area (Å²) < 4.78 is 14.7. The topological polar surface area (TPSA) is 38.7 Å². The largest absolute Gasteiger partial charge is 0.414 e. The zero-order valence-corrected chi connectivity index (χ0v) is 31.7. The molecule has 4 fully saturated rings. The highest BCUT2D eigenvalue weighted by Crippen LogP contribution is 2.69. The van der Waals surface area contributed by atoms with E-state index in [-0.39, 0.29) is 10.1 Å². The fourth-order valence-corrected chi connectivity index (χ4v) is 12.9. The summed E-state index contributed by atoms with van der Waals surface area (Å²) in [5.41, 5.74) is 0.851. The Bertz CT molecular complexity index is 903. The lowest BCUT2D eigenvalue weighted by molar-refractivity contribution is -0.169. The number of fused-ring (bicyclic) bond motifs is 5. The minimum absolute atomic E-state index is 0.235. The number of aliphatic hydroxyl groups excluding tert-OH is 1. The van der Waals surface area contributed by atoms with E-state index in [1.54, 1.807) is 0 Å². The Balaban J connectivity index is 1.65. The second kappa shape index (κ2) is 11.6. The first kappa shape index (κ1) is 34.2. The maximum Gasteiger partial charge on any atom is 0.192 e. The molecule has 0 spiro atoms. The fraction of sp³-hybridized carbons (Fsp3) is 1.00. The first-order chi connectivity index (χ1) is 18.7. The van der Waals surface area contributed by atoms with Gasteiger partial charge >= 0.3 is 0 Å². The number of aliphatic hydroxyl groups is 1. The van der Waals surface area contributed by atoms with Crippen LogP contribution in [0, 0.1) is 46.3 Å². The molecule has 5 heteroatoms. The van der Waals surface area contributed by atoms with E-state index < -0.39 is 16.6 Å². The third-order valence-electron chi connectivity index (χ3n) is 14.7. The van der Waals surface area contributed by atoms with Crippen LogP contribution in [0.25, 0.3) is 0 Å². The average Bonchev–Trinajstić information content (AvgIpc) is 3.18. The highest BCUT2D eigenvalue weighted by molar-refractivity contribution is 6.74. The molecule has 0 heterocycles. The van der Waals surface area contributed by atoms with E-state index in [4.69, 9.17) is 8.85 Å². The molecule has 0 saturated heterocycles. The van der Waals surface area contributed by atoms with Gasteiger partial charge in [-0.1, -0.05) is 62.3 Å². The van der Waals surface area contributed by atoms with E-state index in [2.05, 4.69) is 88.5 Å². The van der Waals surface area contributed by atoms with Crippen LogP contribution in [-0.4, -0.2) is 40.6 Å². The summed E-state index contributed by atoms with van der Waals surface area (Å²) in [5, 5.41) is 10.1. The Morgan fingerprint density at radius 3 is 1.93 bits per heavy atom. The molecule has 3 nitrogen and oxygen atoms in total. The molecule has 0 bridgehead atoms. The first-order valence-corrected chi connectivity index (χ1v) is 23.5. The molecule has 10 atom stereocenters. The summed E-state index contributed by atoms with van der Waals surface area (Å²) in [7, 11) is -3.69. The van der Waals surface area contributed by atoms with E-state index in [1.807, 2.05) is 0 Å². The summed E-state index contributed by atoms with van der Waals surface area (Å²) in [4.78, 5) is 0. The van der Waals surface area contributed by atoms with Crippen LogP contribution in [0.3, 0.4) is 0 Å². The lowest BCUT2D eigenvalue weighted by Gasteiger charge is -2.64. The van der Waals surface area contributed by atoms with Gasteiger partial charge in [0.25, 0.3) is 0 Å². The van der Waals surface area contributed by atoms with Crippen molar-refractivity contribution in [2.45, 2.75) is 175 Å². The number of hydrogen-bond donors (Lipinski definition) is 1. The second-order valence-corrected chi connectivity index (χ2v) is 28.5. The standard InChI is InChI=1S/C36H70O3Si2/c1-25(15-14-22-37)28-16-17-29-32-30(19-21-36(28,29)9)35(8)20-18-27(38-40(10,11)33(2,3)4)23-26(35)24-31(32)39-41(12,13)34(5,6)7/h25-32,37H,14-24H2,1-13H3/t25-,26+,27-,28-,29+,30+,31+,32+,35+,36-/m1/s1. The Kier molecular flexibility index (Phi) is 9.67. The van der Waals surface area contributed by atoms with Crippen molar-refractivity contribution in [1.29, 1.82) is 0 Å². The third-order valence-corrected chi connectivity index (χ3v) is 23.7. The van der Waals surface area contributed by atoms with Crippen LogP contribution in [0.5, 0.6) is 0 Å². The lowest BCUT2D eigenvalue weighted by atomic mass is 9.43. The first-order valence-electron chi connectivity index (χ1n) is 17.6. The Morgan fingerprint density at radius 1 is 0.780 bits per heavy atom. The molecule has 0 aromatic carbocycles. The zero-order chi connectivity index (χ0) is 30.8. The summed E-state index contributed by atoms with van der Waals surface area (Å²) in [6, 6.07) is 0. The predicted octanol–water partition coefficient (Wildman–Crippen LogP) is 10.4. The molecule has 41 heavy (non-hydrogen) atoms. The van der Waals surface area contributed by atoms with Crippen LogP contribution in [0.15, 0.2) is 0 Å². The molecular formula is C36H70O3Si2. The maximum atomic E-state index is 9.56. The molecule has 0 aromatic rings. The van der Waals surface area contributed by atoms with Crippen molar-refractivity contribution in [1.82, 2.24) is 0 Å². The van der Waals surface area contributed by atoms with Gasteiger partial charge in [0.1, 0.15) is 0 Å². The normalized spacial score (nSPS) is 41.0. The van der Waals surface area contributed by atoms with Gasteiger partial charge in [-0.15, -0.1) is 0 Å². The molecule has 4 aliphatic rings. The van der Waals surface area contributed by atoms with Crippen LogP contribution in [0.4, 0.5) is 0 Å². The van der Waals surface area contributed by atoms with Crippen molar-refractivity contribution in [2.75, 3.05) is 6.61 Å². The quantitative estimate of drug-likeness (QED) is 0.279. The smallest absolute Gasteiger partial charge is 0.192 e. The van der Waals surface area contributed by atoms with Crippen LogP contribution in [-0.2, 0) is 8.85 Å². The van der Waals surface area contributed by atoms with Crippen molar-refractivity contribution < 1.29 is 14.0 Å². The molecule has 0 aromatic heterocycles. The van der Waals surface area contributed by atoms with Gasteiger partial charge in [0, 0.05) is 18.8 Å². The number of rotatable bonds is 8. The lowest BCUT2D eigenvalue weighted by Crippen LogP contribution is -2.61. The third kappa shape index (κ3) is 6.25. The van der Waals surface area contributed by atoms with Crippen LogP contribution >= 0.6 is 0 Å². The fourth-order valence-electron chi connectivity index (χ4n) is 10.1. The van der Waals surface area contributed by atoms with E-state index in [0.29, 0.717) is 47.4 Å². The summed E-state index contributed by atoms with van der Waals surface area (Å²) in [6.07, 6.45) is 13.6. The van der Waals surface area contributed by atoms with Gasteiger partial charge in [-0.05, 0) is 147 Å². The van der Waals surface area contributed by atoms with Gasteiger partial charge in [-0.3, -0.25) is 0 Å². The molecule has 0 radical (unpaired) electrons. The van der Waals surface area contributed by atoms with E-state index in [1.165, 1.54) is 57.8 Å². The SMILES string of the molecule is C[C@H](CCCO)[C@H]1CC[C@H]2[C@@H]3[C@@H](O[Si](C)(C)C(C)(C)C)C[C@@H]4C[C@H](O[Si](C)(C)C(C)(C)C)CC[C@]4(C)[C@H]3CC[C@]12C. The Morgan fingerprint density at radius 2 is 1.34 bits per heavy atom. The van der Waals surface area contributed by atoms with Crippen LogP contribution < -0.4 is 0 Å². The van der Waals surface area contributed by atoms with E-state index >= 15 is 0 Å². The molecule has 0 unspecified atom stereocenters.